The van der Waals surface area contributed by atoms with Gasteiger partial charge in [0.05, 0.1) is 6.10 Å². The Morgan fingerprint density at radius 2 is 2.18 bits per heavy atom. The highest BCUT2D eigenvalue weighted by Crippen LogP contribution is 2.41. The van der Waals surface area contributed by atoms with E-state index in [2.05, 4.69) is 6.58 Å². The molecule has 1 aliphatic rings. The predicted molar refractivity (Wildman–Crippen MR) is 80.9 cm³/mol. The van der Waals surface area contributed by atoms with Crippen LogP contribution in [0.15, 0.2) is 36.9 Å². The second-order valence-corrected chi connectivity index (χ2v) is 5.90. The van der Waals surface area contributed by atoms with Crippen LogP contribution in [-0.2, 0) is 11.3 Å². The molecule has 1 aromatic carbocycles. The van der Waals surface area contributed by atoms with Crippen LogP contribution in [0.4, 0.5) is 8.78 Å². The first-order valence-electron chi connectivity index (χ1n) is 7.37. The number of rotatable bonds is 6. The number of benzene rings is 1. The van der Waals surface area contributed by atoms with Gasteiger partial charge >= 0.3 is 0 Å². The first-order valence-corrected chi connectivity index (χ1v) is 7.37. The van der Waals surface area contributed by atoms with Crippen molar-refractivity contribution in [3.8, 4) is 5.75 Å². The predicted octanol–water partition coefficient (Wildman–Crippen LogP) is 3.79. The van der Waals surface area contributed by atoms with Crippen molar-refractivity contribution < 1.29 is 18.3 Å². The number of alkyl halides is 2. The van der Waals surface area contributed by atoms with Crippen molar-refractivity contribution in [3.05, 3.63) is 42.5 Å². The number of ether oxygens (including phenoxy) is 1. The van der Waals surface area contributed by atoms with E-state index >= 15 is 0 Å². The molecule has 0 spiro atoms. The fourth-order valence-electron chi connectivity index (χ4n) is 2.54. The van der Waals surface area contributed by atoms with Gasteiger partial charge in [-0.3, -0.25) is 4.79 Å². The highest BCUT2D eigenvalue weighted by Gasteiger charge is 2.48. The van der Waals surface area contributed by atoms with Crippen LogP contribution in [-0.4, -0.2) is 28.9 Å². The third-order valence-corrected chi connectivity index (χ3v) is 3.59. The van der Waals surface area contributed by atoms with E-state index in [1.54, 1.807) is 0 Å². The summed E-state index contributed by atoms with van der Waals surface area (Å²) < 4.78 is 31.8. The van der Waals surface area contributed by atoms with E-state index in [0.29, 0.717) is 5.75 Å². The van der Waals surface area contributed by atoms with Gasteiger partial charge in [-0.1, -0.05) is 18.7 Å². The van der Waals surface area contributed by atoms with Crippen molar-refractivity contribution in [2.75, 3.05) is 0 Å². The minimum absolute atomic E-state index is 0.0477. The van der Waals surface area contributed by atoms with Gasteiger partial charge in [-0.2, -0.15) is 0 Å². The van der Waals surface area contributed by atoms with Crippen LogP contribution in [0.25, 0.3) is 0 Å². The minimum atomic E-state index is -2.66. The SMILES string of the molecule is C=CC(=O)N(Cc1cccc(OC(C)C)c1)C1CC(F)(F)C1. The van der Waals surface area contributed by atoms with Gasteiger partial charge < -0.3 is 9.64 Å². The van der Waals surface area contributed by atoms with Crippen molar-refractivity contribution in [1.82, 2.24) is 4.90 Å². The molecule has 0 N–H and O–H groups in total. The van der Waals surface area contributed by atoms with E-state index in [4.69, 9.17) is 4.74 Å². The second kappa shape index (κ2) is 6.46. The number of carbonyl (C=O) groups excluding carboxylic acids is 1. The Labute approximate surface area is 129 Å². The largest absolute Gasteiger partial charge is 0.491 e. The number of amides is 1. The topological polar surface area (TPSA) is 29.5 Å². The summed E-state index contributed by atoms with van der Waals surface area (Å²) in [6, 6.07) is 6.92. The van der Waals surface area contributed by atoms with E-state index in [1.807, 2.05) is 38.1 Å². The maximum atomic E-state index is 13.1. The maximum absolute atomic E-state index is 13.1. The smallest absolute Gasteiger partial charge is 0.252 e. The van der Waals surface area contributed by atoms with Gasteiger partial charge in [-0.15, -0.1) is 0 Å². The first-order chi connectivity index (χ1) is 10.3. The maximum Gasteiger partial charge on any atom is 0.252 e. The summed E-state index contributed by atoms with van der Waals surface area (Å²) in [5, 5.41) is 0. The van der Waals surface area contributed by atoms with Crippen LogP contribution in [0.3, 0.4) is 0 Å². The molecule has 2 rings (SSSR count). The Morgan fingerprint density at radius 1 is 1.50 bits per heavy atom. The Bertz CT molecular complexity index is 549. The molecular weight excluding hydrogens is 288 g/mol. The van der Waals surface area contributed by atoms with Crippen LogP contribution in [0.2, 0.25) is 0 Å². The minimum Gasteiger partial charge on any atom is -0.491 e. The fraction of sp³-hybridized carbons (Fsp3) is 0.471. The van der Waals surface area contributed by atoms with Gasteiger partial charge in [0.1, 0.15) is 5.75 Å². The Kier molecular flexibility index (Phi) is 4.84. The summed E-state index contributed by atoms with van der Waals surface area (Å²) in [6.45, 7) is 7.59. The van der Waals surface area contributed by atoms with E-state index in [-0.39, 0.29) is 31.4 Å². The normalized spacial score (nSPS) is 17.0. The van der Waals surface area contributed by atoms with Crippen molar-refractivity contribution >= 4 is 5.91 Å². The molecule has 3 nitrogen and oxygen atoms in total. The summed E-state index contributed by atoms with van der Waals surface area (Å²) in [5.74, 6) is -2.28. The molecule has 1 aromatic rings. The van der Waals surface area contributed by atoms with Gasteiger partial charge in [0, 0.05) is 25.4 Å². The van der Waals surface area contributed by atoms with E-state index < -0.39 is 12.0 Å². The van der Waals surface area contributed by atoms with Crippen molar-refractivity contribution in [1.29, 1.82) is 0 Å². The van der Waals surface area contributed by atoms with Gasteiger partial charge in [0.2, 0.25) is 5.91 Å². The molecule has 1 amide bonds. The lowest BCUT2D eigenvalue weighted by atomic mass is 9.86. The third-order valence-electron chi connectivity index (χ3n) is 3.59. The molecule has 0 atom stereocenters. The number of hydrogen-bond donors (Lipinski definition) is 0. The van der Waals surface area contributed by atoms with Gasteiger partial charge in [0.25, 0.3) is 5.92 Å². The molecule has 1 saturated carbocycles. The zero-order valence-electron chi connectivity index (χ0n) is 12.9. The summed E-state index contributed by atoms with van der Waals surface area (Å²) >= 11 is 0. The number of carbonyl (C=O) groups is 1. The van der Waals surface area contributed by atoms with Crippen LogP contribution in [0, 0.1) is 0 Å². The molecule has 0 bridgehead atoms. The summed E-state index contributed by atoms with van der Waals surface area (Å²) in [4.78, 5) is 13.4. The quantitative estimate of drug-likeness (QED) is 0.748. The van der Waals surface area contributed by atoms with Crippen molar-refractivity contribution in [3.63, 3.8) is 0 Å². The molecule has 1 fully saturated rings. The van der Waals surface area contributed by atoms with Crippen LogP contribution >= 0.6 is 0 Å². The summed E-state index contributed by atoms with van der Waals surface area (Å²) in [6.07, 6.45) is 0.653. The highest BCUT2D eigenvalue weighted by atomic mass is 19.3. The van der Waals surface area contributed by atoms with Crippen LogP contribution < -0.4 is 4.74 Å². The van der Waals surface area contributed by atoms with Crippen molar-refractivity contribution in [2.45, 2.75) is 51.3 Å². The molecular formula is C17H21F2NO2. The van der Waals surface area contributed by atoms with Gasteiger partial charge in [0.15, 0.2) is 0 Å². The Hall–Kier alpha value is -1.91. The van der Waals surface area contributed by atoms with Crippen LogP contribution in [0.5, 0.6) is 5.75 Å². The van der Waals surface area contributed by atoms with Gasteiger partial charge in [-0.25, -0.2) is 8.78 Å². The molecule has 0 unspecified atom stereocenters. The lowest BCUT2D eigenvalue weighted by Crippen LogP contribution is -2.52. The Morgan fingerprint density at radius 3 is 2.73 bits per heavy atom. The molecule has 22 heavy (non-hydrogen) atoms. The van der Waals surface area contributed by atoms with E-state index in [9.17, 15) is 13.6 Å². The summed E-state index contributed by atoms with van der Waals surface area (Å²) in [7, 11) is 0. The van der Waals surface area contributed by atoms with Crippen molar-refractivity contribution in [2.24, 2.45) is 0 Å². The van der Waals surface area contributed by atoms with E-state index in [1.165, 1.54) is 11.0 Å². The Balaban J connectivity index is 2.10. The average Bonchev–Trinajstić information content (AvgIpc) is 2.41. The molecule has 5 heteroatoms. The number of hydrogen-bond acceptors (Lipinski definition) is 2. The molecule has 0 saturated heterocycles. The van der Waals surface area contributed by atoms with Crippen LogP contribution in [0.1, 0.15) is 32.3 Å². The lowest BCUT2D eigenvalue weighted by Gasteiger charge is -2.42. The molecule has 120 valence electrons. The molecule has 0 heterocycles. The summed E-state index contributed by atoms with van der Waals surface area (Å²) in [5.41, 5.74) is 0.851. The highest BCUT2D eigenvalue weighted by molar-refractivity contribution is 5.87. The fourth-order valence-corrected chi connectivity index (χ4v) is 2.54. The number of nitrogens with zero attached hydrogens (tertiary/aromatic N) is 1. The first kappa shape index (κ1) is 16.5. The number of halogens is 2. The average molecular weight is 309 g/mol. The molecule has 0 aliphatic heterocycles. The third kappa shape index (κ3) is 4.06. The molecule has 1 aliphatic carbocycles. The molecule has 0 aromatic heterocycles. The molecule has 0 radical (unpaired) electrons. The van der Waals surface area contributed by atoms with E-state index in [0.717, 1.165) is 5.56 Å². The lowest BCUT2D eigenvalue weighted by molar-refractivity contribution is -0.150. The zero-order chi connectivity index (χ0) is 16.3. The zero-order valence-corrected chi connectivity index (χ0v) is 12.9. The standard InChI is InChI=1S/C17H21F2NO2/c1-4-16(21)20(14-9-17(18,19)10-14)11-13-6-5-7-15(8-13)22-12(2)3/h4-8,12,14H,1,9-11H2,2-3H3. The van der Waals surface area contributed by atoms with Gasteiger partial charge in [-0.05, 0) is 37.6 Å². The monoisotopic (exact) mass is 309 g/mol. The second-order valence-electron chi connectivity index (χ2n) is 5.90.